The van der Waals surface area contributed by atoms with Crippen LogP contribution in [0.3, 0.4) is 0 Å². The van der Waals surface area contributed by atoms with Gasteiger partial charge < -0.3 is 23.9 Å². The zero-order valence-electron chi connectivity index (χ0n) is 19.0. The minimum Gasteiger partial charge on any atom is -0.497 e. The topological polar surface area (TPSA) is 104 Å². The van der Waals surface area contributed by atoms with Gasteiger partial charge in [0.25, 0.3) is 0 Å². The number of rotatable bonds is 9. The fraction of sp³-hybridized carbons (Fsp3) is 0.250. The highest BCUT2D eigenvalue weighted by molar-refractivity contribution is 5.77. The Morgan fingerprint density at radius 3 is 2.47 bits per heavy atom. The quantitative estimate of drug-likeness (QED) is 0.404. The molecule has 0 saturated heterocycles. The highest BCUT2D eigenvalue weighted by atomic mass is 19.1. The monoisotopic (exact) mass is 465 g/mol. The molecule has 10 heteroatoms. The van der Waals surface area contributed by atoms with Crippen LogP contribution in [0.4, 0.5) is 4.39 Å². The van der Waals surface area contributed by atoms with Crippen molar-refractivity contribution in [2.45, 2.75) is 18.9 Å². The van der Waals surface area contributed by atoms with Crippen LogP contribution in [-0.4, -0.2) is 39.8 Å². The molecule has 0 unspecified atom stereocenters. The number of hydrogen-bond acceptors (Lipinski definition) is 7. The van der Waals surface area contributed by atoms with Crippen molar-refractivity contribution in [3.05, 3.63) is 78.0 Å². The average Bonchev–Trinajstić information content (AvgIpc) is 3.50. The van der Waals surface area contributed by atoms with Gasteiger partial charge in [-0.05, 0) is 42.0 Å². The van der Waals surface area contributed by atoms with Crippen molar-refractivity contribution in [3.63, 3.8) is 0 Å². The maximum absolute atomic E-state index is 13.1. The molecule has 4 aromatic rings. The minimum absolute atomic E-state index is 0.118. The van der Waals surface area contributed by atoms with Crippen LogP contribution in [0.1, 0.15) is 29.7 Å². The van der Waals surface area contributed by atoms with E-state index in [-0.39, 0.29) is 24.6 Å². The number of aryl methyl sites for hydroxylation is 2. The zero-order valence-corrected chi connectivity index (χ0v) is 19.0. The van der Waals surface area contributed by atoms with E-state index in [2.05, 4.69) is 20.4 Å². The van der Waals surface area contributed by atoms with Crippen molar-refractivity contribution in [3.8, 4) is 22.9 Å². The van der Waals surface area contributed by atoms with E-state index in [9.17, 15) is 9.18 Å². The normalized spacial score (nSPS) is 11.8. The molecular formula is C24H24FN5O4. The van der Waals surface area contributed by atoms with Gasteiger partial charge in [-0.1, -0.05) is 5.16 Å². The van der Waals surface area contributed by atoms with Crippen LogP contribution in [0.5, 0.6) is 11.5 Å². The van der Waals surface area contributed by atoms with Gasteiger partial charge in [0.15, 0.2) is 0 Å². The highest BCUT2D eigenvalue weighted by Gasteiger charge is 2.23. The third-order valence-electron chi connectivity index (χ3n) is 5.27. The first-order valence-corrected chi connectivity index (χ1v) is 10.5. The van der Waals surface area contributed by atoms with E-state index >= 15 is 0 Å². The van der Waals surface area contributed by atoms with Gasteiger partial charge >= 0.3 is 0 Å². The second kappa shape index (κ2) is 10.2. The standard InChI is InChI=1S/C24H24FN5O4/c1-30-11-10-26-24(30)22(16-12-18(32-2)14-19(13-16)33-3)27-20(31)8-9-21-28-23(29-34-21)15-4-6-17(25)7-5-15/h4-7,10-14,22H,8-9H2,1-3H3,(H,27,31)/t22-/m0/s1. The second-order valence-corrected chi connectivity index (χ2v) is 7.56. The van der Waals surface area contributed by atoms with Gasteiger partial charge in [0.1, 0.15) is 29.2 Å². The fourth-order valence-electron chi connectivity index (χ4n) is 3.47. The van der Waals surface area contributed by atoms with Gasteiger partial charge in [-0.3, -0.25) is 4.79 Å². The lowest BCUT2D eigenvalue weighted by atomic mass is 10.0. The number of benzene rings is 2. The van der Waals surface area contributed by atoms with Crippen molar-refractivity contribution < 1.29 is 23.2 Å². The Hall–Kier alpha value is -4.21. The molecule has 1 amide bonds. The molecular weight excluding hydrogens is 441 g/mol. The Morgan fingerprint density at radius 2 is 1.85 bits per heavy atom. The average molecular weight is 465 g/mol. The van der Waals surface area contributed by atoms with Crippen molar-refractivity contribution in [2.24, 2.45) is 7.05 Å². The van der Waals surface area contributed by atoms with Crippen LogP contribution in [0.15, 0.2) is 59.4 Å². The van der Waals surface area contributed by atoms with Gasteiger partial charge in [0.2, 0.25) is 17.6 Å². The molecule has 0 aliphatic carbocycles. The summed E-state index contributed by atoms with van der Waals surface area (Å²) in [6, 6.07) is 10.7. The number of amides is 1. The molecule has 0 fully saturated rings. The molecule has 1 atom stereocenters. The Kier molecular flexibility index (Phi) is 6.86. The van der Waals surface area contributed by atoms with Crippen LogP contribution in [0, 0.1) is 5.82 Å². The summed E-state index contributed by atoms with van der Waals surface area (Å²) < 4.78 is 31.0. The summed E-state index contributed by atoms with van der Waals surface area (Å²) >= 11 is 0. The molecule has 2 aromatic carbocycles. The maximum atomic E-state index is 13.1. The van der Waals surface area contributed by atoms with E-state index < -0.39 is 6.04 Å². The zero-order chi connectivity index (χ0) is 24.1. The minimum atomic E-state index is -0.533. The van der Waals surface area contributed by atoms with E-state index in [0.29, 0.717) is 34.6 Å². The molecule has 9 nitrogen and oxygen atoms in total. The number of aromatic nitrogens is 4. The second-order valence-electron chi connectivity index (χ2n) is 7.56. The maximum Gasteiger partial charge on any atom is 0.227 e. The first-order valence-electron chi connectivity index (χ1n) is 10.5. The summed E-state index contributed by atoms with van der Waals surface area (Å²) in [6.07, 6.45) is 3.84. The Morgan fingerprint density at radius 1 is 1.15 bits per heavy atom. The number of carbonyl (C=O) groups excluding carboxylic acids is 1. The van der Waals surface area contributed by atoms with E-state index in [1.165, 1.54) is 12.1 Å². The smallest absolute Gasteiger partial charge is 0.227 e. The molecule has 0 aliphatic rings. The first-order chi connectivity index (χ1) is 16.5. The van der Waals surface area contributed by atoms with Crippen LogP contribution < -0.4 is 14.8 Å². The molecule has 2 heterocycles. The summed E-state index contributed by atoms with van der Waals surface area (Å²) in [4.78, 5) is 21.6. The predicted octanol–water partition coefficient (Wildman–Crippen LogP) is 3.46. The van der Waals surface area contributed by atoms with Crippen LogP contribution in [0.2, 0.25) is 0 Å². The third kappa shape index (κ3) is 5.22. The molecule has 0 radical (unpaired) electrons. The van der Waals surface area contributed by atoms with Crippen molar-refractivity contribution in [1.29, 1.82) is 0 Å². The van der Waals surface area contributed by atoms with Crippen LogP contribution in [-0.2, 0) is 18.3 Å². The molecule has 0 saturated carbocycles. The van der Waals surface area contributed by atoms with Gasteiger partial charge in [-0.2, -0.15) is 4.98 Å². The van der Waals surface area contributed by atoms with Gasteiger partial charge in [-0.15, -0.1) is 0 Å². The predicted molar refractivity (Wildman–Crippen MR) is 121 cm³/mol. The van der Waals surface area contributed by atoms with Crippen LogP contribution >= 0.6 is 0 Å². The Labute approximate surface area is 195 Å². The largest absolute Gasteiger partial charge is 0.497 e. The molecule has 34 heavy (non-hydrogen) atoms. The summed E-state index contributed by atoms with van der Waals surface area (Å²) in [5.74, 6) is 1.93. The molecule has 2 aromatic heterocycles. The number of carbonyl (C=O) groups is 1. The summed E-state index contributed by atoms with van der Waals surface area (Å²) in [7, 11) is 4.99. The molecule has 176 valence electrons. The van der Waals surface area contributed by atoms with Crippen molar-refractivity contribution >= 4 is 5.91 Å². The number of hydrogen-bond donors (Lipinski definition) is 1. The number of halogens is 1. The van der Waals surface area contributed by atoms with Crippen molar-refractivity contribution in [2.75, 3.05) is 14.2 Å². The van der Waals surface area contributed by atoms with Crippen LogP contribution in [0.25, 0.3) is 11.4 Å². The SMILES string of the molecule is COc1cc(OC)cc([C@H](NC(=O)CCc2nc(-c3ccc(F)cc3)no2)c2nccn2C)c1. The Bertz CT molecular complexity index is 1250. The first kappa shape index (κ1) is 23.0. The lowest BCUT2D eigenvalue weighted by Gasteiger charge is -2.20. The molecule has 0 spiro atoms. The number of methoxy groups -OCH3 is 2. The molecule has 0 aliphatic heterocycles. The number of nitrogens with zero attached hydrogens (tertiary/aromatic N) is 4. The van der Waals surface area contributed by atoms with Gasteiger partial charge in [0.05, 0.1) is 14.2 Å². The molecule has 0 bridgehead atoms. The summed E-state index contributed by atoms with van der Waals surface area (Å²) in [5, 5.41) is 6.94. The van der Waals surface area contributed by atoms with Crippen molar-refractivity contribution in [1.82, 2.24) is 25.0 Å². The van der Waals surface area contributed by atoms with E-state index in [1.807, 2.05) is 23.7 Å². The van der Waals surface area contributed by atoms with Gasteiger partial charge in [0, 0.05) is 43.9 Å². The molecule has 4 rings (SSSR count). The van der Waals surface area contributed by atoms with Gasteiger partial charge in [-0.25, -0.2) is 9.37 Å². The number of ether oxygens (including phenoxy) is 2. The van der Waals surface area contributed by atoms with E-state index in [1.54, 1.807) is 44.8 Å². The number of imidazole rings is 1. The lowest BCUT2D eigenvalue weighted by molar-refractivity contribution is -0.121. The fourth-order valence-corrected chi connectivity index (χ4v) is 3.47. The third-order valence-corrected chi connectivity index (χ3v) is 5.27. The van der Waals surface area contributed by atoms with E-state index in [4.69, 9.17) is 14.0 Å². The molecule has 1 N–H and O–H groups in total. The summed E-state index contributed by atoms with van der Waals surface area (Å²) in [6.45, 7) is 0. The number of nitrogens with one attached hydrogen (secondary N) is 1. The highest BCUT2D eigenvalue weighted by Crippen LogP contribution is 2.29. The lowest BCUT2D eigenvalue weighted by Crippen LogP contribution is -2.31. The Balaban J connectivity index is 1.49. The summed E-state index contributed by atoms with van der Waals surface area (Å²) in [5.41, 5.74) is 1.39. The van der Waals surface area contributed by atoms with E-state index in [0.717, 1.165) is 5.56 Å².